The van der Waals surface area contributed by atoms with E-state index in [2.05, 4.69) is 14.8 Å². The highest BCUT2D eigenvalue weighted by Crippen LogP contribution is 2.35. The topological polar surface area (TPSA) is 62.5 Å². The molecule has 0 saturated carbocycles. The first-order chi connectivity index (χ1) is 18.3. The van der Waals surface area contributed by atoms with Crippen LogP contribution in [-0.4, -0.2) is 42.0 Å². The van der Waals surface area contributed by atoms with Crippen molar-refractivity contribution in [2.75, 3.05) is 31.1 Å². The van der Waals surface area contributed by atoms with E-state index in [-0.39, 0.29) is 5.56 Å². The SMILES string of the molecule is NC(=O)c1c(-c2ccc(N3CCN(Cc4ccccn4)CC3)cc2)cccc1-c1ccc(C(F)(F)F)cc1. The van der Waals surface area contributed by atoms with Gasteiger partial charge in [0.05, 0.1) is 16.8 Å². The number of primary amides is 1. The number of hydrogen-bond acceptors (Lipinski definition) is 4. The molecule has 3 aromatic carbocycles. The smallest absolute Gasteiger partial charge is 0.369 e. The van der Waals surface area contributed by atoms with Gasteiger partial charge >= 0.3 is 6.18 Å². The third-order valence-corrected chi connectivity index (χ3v) is 6.86. The van der Waals surface area contributed by atoms with Crippen molar-refractivity contribution in [2.24, 2.45) is 5.73 Å². The van der Waals surface area contributed by atoms with Crippen LogP contribution in [0.2, 0.25) is 0 Å². The van der Waals surface area contributed by atoms with E-state index < -0.39 is 17.6 Å². The first-order valence-corrected chi connectivity index (χ1v) is 12.4. The summed E-state index contributed by atoms with van der Waals surface area (Å²) in [4.78, 5) is 21.6. The van der Waals surface area contributed by atoms with Crippen molar-refractivity contribution in [3.05, 3.63) is 108 Å². The molecule has 8 heteroatoms. The Hall–Kier alpha value is -4.17. The quantitative estimate of drug-likeness (QED) is 0.349. The van der Waals surface area contributed by atoms with Crippen LogP contribution in [0.3, 0.4) is 0 Å². The minimum atomic E-state index is -4.43. The normalized spacial score (nSPS) is 14.4. The van der Waals surface area contributed by atoms with Crippen LogP contribution in [-0.2, 0) is 12.7 Å². The van der Waals surface area contributed by atoms with Crippen molar-refractivity contribution in [2.45, 2.75) is 12.7 Å². The number of aromatic nitrogens is 1. The molecule has 0 radical (unpaired) electrons. The summed E-state index contributed by atoms with van der Waals surface area (Å²) >= 11 is 0. The van der Waals surface area contributed by atoms with Gasteiger partial charge in [0, 0.05) is 44.6 Å². The number of anilines is 1. The molecule has 38 heavy (non-hydrogen) atoms. The van der Waals surface area contributed by atoms with Gasteiger partial charge in [0.1, 0.15) is 0 Å². The summed E-state index contributed by atoms with van der Waals surface area (Å²) in [5, 5.41) is 0. The van der Waals surface area contributed by atoms with E-state index in [0.717, 1.165) is 61.8 Å². The number of carbonyl (C=O) groups excluding carboxylic acids is 1. The van der Waals surface area contributed by atoms with E-state index in [9.17, 15) is 18.0 Å². The summed E-state index contributed by atoms with van der Waals surface area (Å²) in [6.45, 7) is 4.47. The average Bonchev–Trinajstić information content (AvgIpc) is 2.93. The number of alkyl halides is 3. The number of hydrogen-bond donors (Lipinski definition) is 1. The Bertz CT molecular complexity index is 1400. The Morgan fingerprint density at radius 3 is 1.92 bits per heavy atom. The van der Waals surface area contributed by atoms with Gasteiger partial charge in [-0.2, -0.15) is 13.2 Å². The van der Waals surface area contributed by atoms with Crippen molar-refractivity contribution >= 4 is 11.6 Å². The van der Waals surface area contributed by atoms with Gasteiger partial charge in [-0.25, -0.2) is 0 Å². The van der Waals surface area contributed by atoms with Crippen molar-refractivity contribution in [1.29, 1.82) is 0 Å². The van der Waals surface area contributed by atoms with Crippen LogP contribution in [0.4, 0.5) is 18.9 Å². The molecular weight excluding hydrogens is 489 g/mol. The highest BCUT2D eigenvalue weighted by atomic mass is 19.4. The second-order valence-corrected chi connectivity index (χ2v) is 9.30. The number of nitrogens with two attached hydrogens (primary N) is 1. The minimum Gasteiger partial charge on any atom is -0.369 e. The Kier molecular flexibility index (Phi) is 7.15. The lowest BCUT2D eigenvalue weighted by atomic mass is 9.91. The van der Waals surface area contributed by atoms with Crippen molar-refractivity contribution < 1.29 is 18.0 Å². The van der Waals surface area contributed by atoms with E-state index in [0.29, 0.717) is 16.7 Å². The summed E-state index contributed by atoms with van der Waals surface area (Å²) in [6, 6.07) is 24.0. The second-order valence-electron chi connectivity index (χ2n) is 9.30. The average molecular weight is 517 g/mol. The predicted octanol–water partition coefficient (Wildman–Crippen LogP) is 5.86. The fourth-order valence-electron chi connectivity index (χ4n) is 4.87. The maximum atomic E-state index is 13.0. The summed E-state index contributed by atoms with van der Waals surface area (Å²) < 4.78 is 39.0. The van der Waals surface area contributed by atoms with Crippen LogP contribution in [0.25, 0.3) is 22.3 Å². The lowest BCUT2D eigenvalue weighted by Gasteiger charge is -2.36. The van der Waals surface area contributed by atoms with Gasteiger partial charge in [-0.1, -0.05) is 48.5 Å². The molecule has 1 aliphatic heterocycles. The molecule has 0 unspecified atom stereocenters. The number of nitrogens with zero attached hydrogens (tertiary/aromatic N) is 3. The first kappa shape index (κ1) is 25.5. The number of piperazine rings is 1. The number of rotatable bonds is 6. The summed E-state index contributed by atoms with van der Waals surface area (Å²) in [6.07, 6.45) is -2.61. The standard InChI is InChI=1S/C30H27F3N4O/c31-30(32,33)23-11-7-21(8-12-23)26-5-3-6-27(28(26)29(34)38)22-9-13-25(14-10-22)37-18-16-36(17-19-37)20-24-4-1-2-15-35-24/h1-15H,16-20H2,(H2,34,38). The molecule has 1 fully saturated rings. The Morgan fingerprint density at radius 2 is 1.39 bits per heavy atom. The predicted molar refractivity (Wildman–Crippen MR) is 143 cm³/mol. The van der Waals surface area contributed by atoms with Gasteiger partial charge in [0.25, 0.3) is 0 Å². The number of benzene rings is 3. The first-order valence-electron chi connectivity index (χ1n) is 12.4. The molecule has 5 nitrogen and oxygen atoms in total. The highest BCUT2D eigenvalue weighted by Gasteiger charge is 2.30. The zero-order valence-corrected chi connectivity index (χ0v) is 20.7. The Labute approximate surface area is 219 Å². The van der Waals surface area contributed by atoms with Crippen LogP contribution in [0.5, 0.6) is 0 Å². The lowest BCUT2D eigenvalue weighted by Crippen LogP contribution is -2.46. The Morgan fingerprint density at radius 1 is 0.789 bits per heavy atom. The van der Waals surface area contributed by atoms with Crippen molar-refractivity contribution in [3.8, 4) is 22.3 Å². The molecule has 2 heterocycles. The third kappa shape index (κ3) is 5.55. The largest absolute Gasteiger partial charge is 0.416 e. The minimum absolute atomic E-state index is 0.281. The number of amides is 1. The number of pyridine rings is 1. The molecule has 194 valence electrons. The lowest BCUT2D eigenvalue weighted by molar-refractivity contribution is -0.137. The molecule has 4 aromatic rings. The molecule has 1 aliphatic rings. The second kappa shape index (κ2) is 10.7. The van der Waals surface area contributed by atoms with Gasteiger partial charge < -0.3 is 10.6 Å². The van der Waals surface area contributed by atoms with Crippen LogP contribution in [0.1, 0.15) is 21.6 Å². The molecule has 0 aliphatic carbocycles. The molecule has 1 amide bonds. The summed E-state index contributed by atoms with van der Waals surface area (Å²) in [7, 11) is 0. The molecule has 0 atom stereocenters. The molecule has 1 aromatic heterocycles. The fraction of sp³-hybridized carbons (Fsp3) is 0.200. The van der Waals surface area contributed by atoms with Gasteiger partial charge in [0.15, 0.2) is 0 Å². The molecule has 2 N–H and O–H groups in total. The van der Waals surface area contributed by atoms with E-state index in [1.807, 2.05) is 48.7 Å². The van der Waals surface area contributed by atoms with Crippen LogP contribution < -0.4 is 10.6 Å². The molecular formula is C30H27F3N4O. The maximum absolute atomic E-state index is 13.0. The van der Waals surface area contributed by atoms with Crippen LogP contribution in [0, 0.1) is 0 Å². The van der Waals surface area contributed by atoms with Crippen molar-refractivity contribution in [1.82, 2.24) is 9.88 Å². The van der Waals surface area contributed by atoms with Gasteiger partial charge in [0.2, 0.25) is 5.91 Å². The summed E-state index contributed by atoms with van der Waals surface area (Å²) in [5.74, 6) is -0.636. The van der Waals surface area contributed by atoms with Crippen molar-refractivity contribution in [3.63, 3.8) is 0 Å². The zero-order chi connectivity index (χ0) is 26.7. The van der Waals surface area contributed by atoms with E-state index in [1.165, 1.54) is 12.1 Å². The summed E-state index contributed by atoms with van der Waals surface area (Å²) in [5.41, 5.74) is 9.90. The van der Waals surface area contributed by atoms with E-state index in [1.54, 1.807) is 18.2 Å². The van der Waals surface area contributed by atoms with E-state index >= 15 is 0 Å². The maximum Gasteiger partial charge on any atom is 0.416 e. The molecule has 5 rings (SSSR count). The van der Waals surface area contributed by atoms with Gasteiger partial charge in [-0.3, -0.25) is 14.7 Å². The van der Waals surface area contributed by atoms with Gasteiger partial charge in [-0.15, -0.1) is 0 Å². The van der Waals surface area contributed by atoms with E-state index in [4.69, 9.17) is 5.73 Å². The third-order valence-electron chi connectivity index (χ3n) is 6.86. The number of halogens is 3. The molecule has 0 spiro atoms. The Balaban J connectivity index is 1.34. The monoisotopic (exact) mass is 516 g/mol. The van der Waals surface area contributed by atoms with Crippen LogP contribution >= 0.6 is 0 Å². The zero-order valence-electron chi connectivity index (χ0n) is 20.7. The highest BCUT2D eigenvalue weighted by molar-refractivity contribution is 6.06. The van der Waals surface area contributed by atoms with Crippen LogP contribution in [0.15, 0.2) is 91.1 Å². The molecule has 0 bridgehead atoms. The van der Waals surface area contributed by atoms with Gasteiger partial charge in [-0.05, 0) is 58.7 Å². The molecule has 1 saturated heterocycles. The number of carbonyl (C=O) groups is 1. The fourth-order valence-corrected chi connectivity index (χ4v) is 4.87.